The first-order valence-electron chi connectivity index (χ1n) is 10.9. The summed E-state index contributed by atoms with van der Waals surface area (Å²) in [6.45, 7) is 4.40. The summed E-state index contributed by atoms with van der Waals surface area (Å²) in [7, 11) is 0. The van der Waals surface area contributed by atoms with Crippen LogP contribution in [0, 0.1) is 6.92 Å². The van der Waals surface area contributed by atoms with Crippen LogP contribution >= 0.6 is 0 Å². The van der Waals surface area contributed by atoms with E-state index in [1.807, 2.05) is 48.2 Å². The van der Waals surface area contributed by atoms with Gasteiger partial charge in [-0.2, -0.15) is 0 Å². The number of amides is 1. The Labute approximate surface area is 180 Å². The monoisotopic (exact) mass is 418 g/mol. The molecule has 0 spiro atoms. The third-order valence-corrected chi connectivity index (χ3v) is 6.10. The molecule has 7 heteroatoms. The minimum atomic E-state index is -0.559. The molecule has 31 heavy (non-hydrogen) atoms. The maximum absolute atomic E-state index is 13.1. The van der Waals surface area contributed by atoms with E-state index in [4.69, 9.17) is 9.72 Å². The Bertz CT molecular complexity index is 1180. The van der Waals surface area contributed by atoms with Crippen molar-refractivity contribution in [3.63, 3.8) is 0 Å². The van der Waals surface area contributed by atoms with Crippen molar-refractivity contribution >= 4 is 17.2 Å². The van der Waals surface area contributed by atoms with Crippen LogP contribution in [0.2, 0.25) is 0 Å². The summed E-state index contributed by atoms with van der Waals surface area (Å²) in [4.78, 5) is 34.5. The zero-order valence-corrected chi connectivity index (χ0v) is 17.7. The molecule has 160 valence electrons. The molecule has 2 aromatic heterocycles. The topological polar surface area (TPSA) is 67.2 Å². The van der Waals surface area contributed by atoms with Crippen molar-refractivity contribution in [2.45, 2.75) is 38.8 Å². The standard InChI is InChI=1S/C24H26N4O3/c1-17-8-7-13-28-22(29)14-18(25-23(17)28)15-27-16-21(24(30)26-11-5-2-6-12-26)31-20-10-4-3-9-19(20)27/h3-4,7-10,13-14,21H,2,5-6,11-12,15-16H2,1H3. The Kier molecular flexibility index (Phi) is 5.10. The SMILES string of the molecule is Cc1cccn2c(=O)cc(CN3CC(C(=O)N4CCCCC4)Oc4ccccc43)nc12. The number of hydrogen-bond acceptors (Lipinski definition) is 5. The fraction of sp³-hybridized carbons (Fsp3) is 0.375. The highest BCUT2D eigenvalue weighted by Crippen LogP contribution is 2.34. The molecule has 5 rings (SSSR count). The number of nitrogens with zero attached hydrogens (tertiary/aromatic N) is 4. The number of pyridine rings is 1. The zero-order chi connectivity index (χ0) is 21.4. The second-order valence-corrected chi connectivity index (χ2v) is 8.31. The second-order valence-electron chi connectivity index (χ2n) is 8.31. The van der Waals surface area contributed by atoms with Crippen LogP contribution in [0.25, 0.3) is 5.65 Å². The van der Waals surface area contributed by atoms with Crippen molar-refractivity contribution in [2.75, 3.05) is 24.5 Å². The van der Waals surface area contributed by atoms with Gasteiger partial charge in [-0.05, 0) is 49.9 Å². The van der Waals surface area contributed by atoms with Crippen molar-refractivity contribution < 1.29 is 9.53 Å². The number of rotatable bonds is 3. The van der Waals surface area contributed by atoms with Gasteiger partial charge in [0.1, 0.15) is 11.4 Å². The van der Waals surface area contributed by atoms with Gasteiger partial charge in [0.05, 0.1) is 24.5 Å². The lowest BCUT2D eigenvalue weighted by Gasteiger charge is -2.38. The van der Waals surface area contributed by atoms with E-state index in [1.165, 1.54) is 6.42 Å². The van der Waals surface area contributed by atoms with Gasteiger partial charge in [0.15, 0.2) is 6.10 Å². The summed E-state index contributed by atoms with van der Waals surface area (Å²) in [5.74, 6) is 0.736. The molecule has 2 aliphatic rings. The van der Waals surface area contributed by atoms with Crippen LogP contribution in [0.4, 0.5) is 5.69 Å². The minimum absolute atomic E-state index is 0.0431. The van der Waals surface area contributed by atoms with E-state index < -0.39 is 6.10 Å². The highest BCUT2D eigenvalue weighted by atomic mass is 16.5. The minimum Gasteiger partial charge on any atom is -0.477 e. The van der Waals surface area contributed by atoms with Crippen LogP contribution in [0.5, 0.6) is 5.75 Å². The van der Waals surface area contributed by atoms with E-state index in [-0.39, 0.29) is 11.5 Å². The first-order chi connectivity index (χ1) is 15.1. The summed E-state index contributed by atoms with van der Waals surface area (Å²) in [5.41, 5.74) is 3.10. The average molecular weight is 418 g/mol. The number of hydrogen-bond donors (Lipinski definition) is 0. The lowest BCUT2D eigenvalue weighted by atomic mass is 10.1. The molecule has 0 saturated carbocycles. The number of piperidine rings is 1. The van der Waals surface area contributed by atoms with Gasteiger partial charge in [0.25, 0.3) is 11.5 Å². The fourth-order valence-corrected chi connectivity index (χ4v) is 4.49. The number of benzene rings is 1. The molecule has 0 aliphatic carbocycles. The zero-order valence-electron chi connectivity index (χ0n) is 17.7. The maximum Gasteiger partial charge on any atom is 0.265 e. The molecule has 1 aromatic carbocycles. The van der Waals surface area contributed by atoms with E-state index >= 15 is 0 Å². The van der Waals surface area contributed by atoms with E-state index in [2.05, 4.69) is 4.90 Å². The summed E-state index contributed by atoms with van der Waals surface area (Å²) >= 11 is 0. The van der Waals surface area contributed by atoms with Gasteiger partial charge in [0, 0.05) is 25.4 Å². The Morgan fingerprint density at radius 1 is 1.13 bits per heavy atom. The largest absolute Gasteiger partial charge is 0.477 e. The van der Waals surface area contributed by atoms with E-state index in [0.29, 0.717) is 30.2 Å². The third kappa shape index (κ3) is 3.76. The van der Waals surface area contributed by atoms with Crippen molar-refractivity contribution in [3.8, 4) is 5.75 Å². The van der Waals surface area contributed by atoms with Crippen LogP contribution < -0.4 is 15.2 Å². The van der Waals surface area contributed by atoms with Crippen molar-refractivity contribution in [1.29, 1.82) is 0 Å². The summed E-state index contributed by atoms with van der Waals surface area (Å²) < 4.78 is 7.67. The normalized spacial score (nSPS) is 18.5. The quantitative estimate of drug-likeness (QED) is 0.654. The molecule has 4 heterocycles. The summed E-state index contributed by atoms with van der Waals surface area (Å²) in [6, 6.07) is 13.1. The molecule has 1 unspecified atom stereocenters. The predicted octanol–water partition coefficient (Wildman–Crippen LogP) is 2.78. The number of fused-ring (bicyclic) bond motifs is 2. The van der Waals surface area contributed by atoms with Crippen LogP contribution in [-0.4, -0.2) is 45.9 Å². The summed E-state index contributed by atoms with van der Waals surface area (Å²) in [6.07, 6.45) is 4.44. The molecule has 7 nitrogen and oxygen atoms in total. The van der Waals surface area contributed by atoms with Gasteiger partial charge in [-0.25, -0.2) is 4.98 Å². The Hall–Kier alpha value is -3.35. The number of para-hydroxylation sites is 2. The molecule has 1 amide bonds. The third-order valence-electron chi connectivity index (χ3n) is 6.10. The van der Waals surface area contributed by atoms with Gasteiger partial charge in [0.2, 0.25) is 0 Å². The molecular weight excluding hydrogens is 392 g/mol. The number of carbonyl (C=O) groups excluding carboxylic acids is 1. The van der Waals surface area contributed by atoms with E-state index in [1.54, 1.807) is 16.7 Å². The first kappa shape index (κ1) is 19.6. The van der Waals surface area contributed by atoms with Gasteiger partial charge in [-0.3, -0.25) is 14.0 Å². The molecule has 1 fully saturated rings. The molecular formula is C24H26N4O3. The van der Waals surface area contributed by atoms with Gasteiger partial charge < -0.3 is 14.5 Å². The highest BCUT2D eigenvalue weighted by molar-refractivity contribution is 5.83. The molecule has 0 N–H and O–H groups in total. The van der Waals surface area contributed by atoms with Gasteiger partial charge in [-0.1, -0.05) is 18.2 Å². The molecule has 3 aromatic rings. The van der Waals surface area contributed by atoms with Crippen molar-refractivity contribution in [2.24, 2.45) is 0 Å². The lowest BCUT2D eigenvalue weighted by Crippen LogP contribution is -2.51. The number of aryl methyl sites for hydroxylation is 1. The van der Waals surface area contributed by atoms with Crippen LogP contribution in [-0.2, 0) is 11.3 Å². The number of ether oxygens (including phenoxy) is 1. The van der Waals surface area contributed by atoms with Crippen LogP contribution in [0.15, 0.2) is 53.5 Å². The molecule has 0 bridgehead atoms. The van der Waals surface area contributed by atoms with Gasteiger partial charge >= 0.3 is 0 Å². The number of likely N-dealkylation sites (tertiary alicyclic amines) is 1. The smallest absolute Gasteiger partial charge is 0.265 e. The van der Waals surface area contributed by atoms with Gasteiger partial charge in [-0.15, -0.1) is 0 Å². The number of carbonyl (C=O) groups is 1. The van der Waals surface area contributed by atoms with Crippen molar-refractivity contribution in [1.82, 2.24) is 14.3 Å². The van der Waals surface area contributed by atoms with E-state index in [9.17, 15) is 9.59 Å². The molecule has 0 radical (unpaired) electrons. The van der Waals surface area contributed by atoms with E-state index in [0.717, 1.165) is 37.2 Å². The Morgan fingerprint density at radius 3 is 2.77 bits per heavy atom. The molecule has 1 atom stereocenters. The number of aromatic nitrogens is 2. The Balaban J connectivity index is 1.46. The Morgan fingerprint density at radius 2 is 1.94 bits per heavy atom. The fourth-order valence-electron chi connectivity index (χ4n) is 4.49. The summed E-state index contributed by atoms with van der Waals surface area (Å²) in [5, 5.41) is 0. The van der Waals surface area contributed by atoms with Crippen molar-refractivity contribution in [3.05, 3.63) is 70.3 Å². The molecule has 2 aliphatic heterocycles. The first-order valence-corrected chi connectivity index (χ1v) is 10.9. The lowest BCUT2D eigenvalue weighted by molar-refractivity contribution is -0.139. The predicted molar refractivity (Wildman–Crippen MR) is 119 cm³/mol. The number of anilines is 1. The second kappa shape index (κ2) is 8.06. The maximum atomic E-state index is 13.1. The average Bonchev–Trinajstić information content (AvgIpc) is 2.80. The molecule has 1 saturated heterocycles. The van der Waals surface area contributed by atoms with Crippen LogP contribution in [0.3, 0.4) is 0 Å². The highest BCUT2D eigenvalue weighted by Gasteiger charge is 2.34. The van der Waals surface area contributed by atoms with Crippen LogP contribution in [0.1, 0.15) is 30.5 Å².